The van der Waals surface area contributed by atoms with Gasteiger partial charge in [-0.15, -0.1) is 0 Å². The van der Waals surface area contributed by atoms with Crippen LogP contribution in [0.25, 0.3) is 0 Å². The summed E-state index contributed by atoms with van der Waals surface area (Å²) in [6.07, 6.45) is -0.189. The molecule has 1 aromatic carbocycles. The van der Waals surface area contributed by atoms with Crippen molar-refractivity contribution >= 4 is 21.5 Å². The lowest BCUT2D eigenvalue weighted by Crippen LogP contribution is -2.18. The van der Waals surface area contributed by atoms with Crippen molar-refractivity contribution in [3.05, 3.63) is 29.3 Å². The van der Waals surface area contributed by atoms with E-state index >= 15 is 0 Å². The van der Waals surface area contributed by atoms with Crippen molar-refractivity contribution in [3.63, 3.8) is 0 Å². The van der Waals surface area contributed by atoms with Crippen LogP contribution in [0.1, 0.15) is 36.5 Å². The monoisotopic (exact) mass is 316 g/mol. The Morgan fingerprint density at radius 1 is 1.38 bits per heavy atom. The zero-order chi connectivity index (χ0) is 16.0. The van der Waals surface area contributed by atoms with E-state index in [-0.39, 0.29) is 18.6 Å². The number of ketones is 1. The number of nitrogens with zero attached hydrogens (tertiary/aromatic N) is 1. The van der Waals surface area contributed by atoms with Crippen LogP contribution in [0, 0.1) is 23.0 Å². The summed E-state index contributed by atoms with van der Waals surface area (Å²) < 4.78 is 52.8. The molecule has 0 fully saturated rings. The van der Waals surface area contributed by atoms with Crippen molar-refractivity contribution in [2.45, 2.75) is 26.2 Å². The van der Waals surface area contributed by atoms with Crippen LogP contribution in [0.4, 0.5) is 14.5 Å². The van der Waals surface area contributed by atoms with Crippen molar-refractivity contribution in [1.29, 1.82) is 5.26 Å². The van der Waals surface area contributed by atoms with Crippen LogP contribution < -0.4 is 4.72 Å². The maximum atomic E-state index is 14.1. The average molecular weight is 316 g/mol. The highest BCUT2D eigenvalue weighted by Crippen LogP contribution is 2.24. The molecule has 0 aliphatic rings. The number of carbonyl (C=O) groups is 1. The van der Waals surface area contributed by atoms with Gasteiger partial charge in [-0.25, -0.2) is 17.2 Å². The summed E-state index contributed by atoms with van der Waals surface area (Å²) in [6, 6.07) is 3.43. The van der Waals surface area contributed by atoms with E-state index in [0.29, 0.717) is 6.42 Å². The third-order valence-electron chi connectivity index (χ3n) is 2.57. The van der Waals surface area contributed by atoms with Gasteiger partial charge in [0.2, 0.25) is 10.0 Å². The number of nitriles is 1. The van der Waals surface area contributed by atoms with Crippen molar-refractivity contribution in [1.82, 2.24) is 0 Å². The standard InChI is InChI=1S/C13H14F2N2O3S/c1-2-8-21(19,20)17-10-6-5-9(14)12(13(10)15)11(18)4-3-7-16/h5-6,17H,2-4,8H2,1H3. The van der Waals surface area contributed by atoms with Gasteiger partial charge in [0.05, 0.1) is 23.1 Å². The van der Waals surface area contributed by atoms with Gasteiger partial charge in [-0.3, -0.25) is 9.52 Å². The first-order valence-corrected chi connectivity index (χ1v) is 7.86. The maximum absolute atomic E-state index is 14.1. The molecule has 5 nitrogen and oxygen atoms in total. The number of anilines is 1. The van der Waals surface area contributed by atoms with E-state index in [0.717, 1.165) is 12.1 Å². The zero-order valence-corrected chi connectivity index (χ0v) is 12.1. The molecule has 8 heteroatoms. The van der Waals surface area contributed by atoms with Gasteiger partial charge >= 0.3 is 0 Å². The normalized spacial score (nSPS) is 11.0. The molecular formula is C13H14F2N2O3S. The lowest BCUT2D eigenvalue weighted by atomic mass is 10.0. The molecular weight excluding hydrogens is 302 g/mol. The van der Waals surface area contributed by atoms with Crippen molar-refractivity contribution in [2.75, 3.05) is 10.5 Å². The van der Waals surface area contributed by atoms with Crippen molar-refractivity contribution in [2.24, 2.45) is 0 Å². The molecule has 0 saturated carbocycles. The molecule has 114 valence electrons. The largest absolute Gasteiger partial charge is 0.294 e. The molecule has 0 bridgehead atoms. The molecule has 1 N–H and O–H groups in total. The summed E-state index contributed by atoms with van der Waals surface area (Å²) in [5.74, 6) is -3.46. The lowest BCUT2D eigenvalue weighted by Gasteiger charge is -2.11. The number of sulfonamides is 1. The molecule has 0 aliphatic heterocycles. The van der Waals surface area contributed by atoms with E-state index in [9.17, 15) is 22.0 Å². The quantitative estimate of drug-likeness (QED) is 0.783. The molecule has 0 amide bonds. The molecule has 0 saturated heterocycles. The SMILES string of the molecule is CCCS(=O)(=O)Nc1ccc(F)c(C(=O)CCC#N)c1F. The van der Waals surface area contributed by atoms with Crippen LogP contribution in [-0.4, -0.2) is 20.0 Å². The van der Waals surface area contributed by atoms with E-state index in [1.807, 2.05) is 4.72 Å². The Balaban J connectivity index is 3.16. The maximum Gasteiger partial charge on any atom is 0.232 e. The molecule has 21 heavy (non-hydrogen) atoms. The third-order valence-corrected chi connectivity index (χ3v) is 4.05. The summed E-state index contributed by atoms with van der Waals surface area (Å²) in [5, 5.41) is 8.39. The number of carbonyl (C=O) groups excluding carboxylic acids is 1. The van der Waals surface area contributed by atoms with Crippen LogP contribution in [0.15, 0.2) is 12.1 Å². The zero-order valence-electron chi connectivity index (χ0n) is 11.3. The van der Waals surface area contributed by atoms with Crippen LogP contribution in [-0.2, 0) is 10.0 Å². The van der Waals surface area contributed by atoms with E-state index in [2.05, 4.69) is 0 Å². The second-order valence-electron chi connectivity index (χ2n) is 4.29. The highest BCUT2D eigenvalue weighted by atomic mass is 32.2. The number of Topliss-reactive ketones (excluding diaryl/α,β-unsaturated/α-hetero) is 1. The van der Waals surface area contributed by atoms with Gasteiger partial charge in [-0.05, 0) is 18.6 Å². The first-order chi connectivity index (χ1) is 9.82. The molecule has 0 spiro atoms. The molecule has 1 aromatic rings. The summed E-state index contributed by atoms with van der Waals surface area (Å²) >= 11 is 0. The molecule has 0 atom stereocenters. The molecule has 0 radical (unpaired) electrons. The predicted molar refractivity (Wildman–Crippen MR) is 73.2 cm³/mol. The molecule has 1 rings (SSSR count). The van der Waals surface area contributed by atoms with Gasteiger partial charge in [0, 0.05) is 12.8 Å². The van der Waals surface area contributed by atoms with Gasteiger partial charge < -0.3 is 0 Å². The second-order valence-corrected chi connectivity index (χ2v) is 6.13. The highest BCUT2D eigenvalue weighted by Gasteiger charge is 2.22. The number of hydrogen-bond acceptors (Lipinski definition) is 4. The van der Waals surface area contributed by atoms with Crippen molar-refractivity contribution < 1.29 is 22.0 Å². The second kappa shape index (κ2) is 7.13. The predicted octanol–water partition coefficient (Wildman–Crippen LogP) is 2.60. The number of rotatable bonds is 7. The van der Waals surface area contributed by atoms with Gasteiger partial charge in [-0.2, -0.15) is 5.26 Å². The van der Waals surface area contributed by atoms with Gasteiger partial charge in [0.15, 0.2) is 11.6 Å². The minimum absolute atomic E-state index is 0.177. The number of halogens is 2. The first kappa shape index (κ1) is 17.0. The Labute approximate surface area is 121 Å². The Hall–Kier alpha value is -2.01. The smallest absolute Gasteiger partial charge is 0.232 e. The Morgan fingerprint density at radius 3 is 2.62 bits per heavy atom. The Morgan fingerprint density at radius 2 is 2.05 bits per heavy atom. The molecule has 0 aliphatic carbocycles. The molecule has 0 unspecified atom stereocenters. The first-order valence-electron chi connectivity index (χ1n) is 6.21. The fourth-order valence-corrected chi connectivity index (χ4v) is 2.80. The number of nitrogens with one attached hydrogen (secondary N) is 1. The van der Waals surface area contributed by atoms with E-state index in [4.69, 9.17) is 5.26 Å². The van der Waals surface area contributed by atoms with E-state index < -0.39 is 38.7 Å². The summed E-state index contributed by atoms with van der Waals surface area (Å²) in [4.78, 5) is 11.7. The summed E-state index contributed by atoms with van der Waals surface area (Å²) in [7, 11) is -3.76. The van der Waals surface area contributed by atoms with Crippen LogP contribution in [0.2, 0.25) is 0 Å². The van der Waals surface area contributed by atoms with Crippen LogP contribution >= 0.6 is 0 Å². The average Bonchev–Trinajstić information content (AvgIpc) is 2.39. The summed E-state index contributed by atoms with van der Waals surface area (Å²) in [6.45, 7) is 1.64. The Bertz CT molecular complexity index is 681. The third kappa shape index (κ3) is 4.49. The lowest BCUT2D eigenvalue weighted by molar-refractivity contribution is 0.0976. The minimum Gasteiger partial charge on any atom is -0.294 e. The fraction of sp³-hybridized carbons (Fsp3) is 0.385. The van der Waals surface area contributed by atoms with Crippen molar-refractivity contribution in [3.8, 4) is 6.07 Å². The van der Waals surface area contributed by atoms with Gasteiger partial charge in [0.1, 0.15) is 5.82 Å². The molecule has 0 aromatic heterocycles. The van der Waals surface area contributed by atoms with Crippen LogP contribution in [0.3, 0.4) is 0 Å². The number of benzene rings is 1. The van der Waals surface area contributed by atoms with E-state index in [1.165, 1.54) is 0 Å². The van der Waals surface area contributed by atoms with E-state index in [1.54, 1.807) is 13.0 Å². The number of hydrogen-bond donors (Lipinski definition) is 1. The highest BCUT2D eigenvalue weighted by molar-refractivity contribution is 7.92. The molecule has 0 heterocycles. The van der Waals surface area contributed by atoms with Crippen LogP contribution in [0.5, 0.6) is 0 Å². The van der Waals surface area contributed by atoms with Gasteiger partial charge in [0.25, 0.3) is 0 Å². The Kier molecular flexibility index (Phi) is 5.79. The minimum atomic E-state index is -3.76. The van der Waals surface area contributed by atoms with Gasteiger partial charge in [-0.1, -0.05) is 6.92 Å². The fourth-order valence-electron chi connectivity index (χ4n) is 1.67. The summed E-state index contributed by atoms with van der Waals surface area (Å²) in [5.41, 5.74) is -1.31. The topological polar surface area (TPSA) is 87.0 Å².